The summed E-state index contributed by atoms with van der Waals surface area (Å²) in [4.78, 5) is 13.0. The van der Waals surface area contributed by atoms with E-state index in [0.29, 0.717) is 19.3 Å². The van der Waals surface area contributed by atoms with Crippen molar-refractivity contribution >= 4 is 16.2 Å². The Labute approximate surface area is 138 Å². The van der Waals surface area contributed by atoms with E-state index in [9.17, 15) is 26.4 Å². The Bertz CT molecular complexity index is 638. The highest BCUT2D eigenvalue weighted by Crippen LogP contribution is 2.49. The van der Waals surface area contributed by atoms with Crippen LogP contribution in [-0.4, -0.2) is 43.3 Å². The maximum Gasteiger partial charge on any atom is 0.523 e. The van der Waals surface area contributed by atoms with Crippen LogP contribution in [0.25, 0.3) is 0 Å². The van der Waals surface area contributed by atoms with E-state index in [1.807, 2.05) is 6.08 Å². The van der Waals surface area contributed by atoms with Crippen molar-refractivity contribution in [1.29, 1.82) is 0 Å². The first-order valence-corrected chi connectivity index (χ1v) is 8.82. The van der Waals surface area contributed by atoms with Gasteiger partial charge in [-0.05, 0) is 40.0 Å². The van der Waals surface area contributed by atoms with Crippen molar-refractivity contribution in [2.75, 3.05) is 6.54 Å². The van der Waals surface area contributed by atoms with Gasteiger partial charge in [0.05, 0.1) is 0 Å². The quantitative estimate of drug-likeness (QED) is 0.424. The molecule has 0 aromatic rings. The van der Waals surface area contributed by atoms with E-state index in [0.717, 1.165) is 4.90 Å². The minimum absolute atomic E-state index is 0.0876. The summed E-state index contributed by atoms with van der Waals surface area (Å²) in [5, 5.41) is 0. The summed E-state index contributed by atoms with van der Waals surface area (Å²) in [6.07, 6.45) is 2.54. The Balaban J connectivity index is 2.24. The number of amides is 1. The lowest BCUT2D eigenvalue weighted by Gasteiger charge is -2.56. The Hall–Kier alpha value is -1.29. The topological polar surface area (TPSA) is 72.9 Å². The maximum atomic E-state index is 12.6. The number of allylic oxidation sites excluding steroid dienone is 2. The second kappa shape index (κ2) is 5.91. The van der Waals surface area contributed by atoms with Crippen LogP contribution in [0.3, 0.4) is 0 Å². The predicted molar refractivity (Wildman–Crippen MR) is 78.2 cm³/mol. The number of hydrogen-bond donors (Lipinski definition) is 0. The zero-order valence-corrected chi connectivity index (χ0v) is 14.4. The van der Waals surface area contributed by atoms with Crippen molar-refractivity contribution in [2.24, 2.45) is 5.41 Å². The molecule has 1 saturated heterocycles. The van der Waals surface area contributed by atoms with Gasteiger partial charge in [0.2, 0.25) is 0 Å². The number of carbonyl (C=O) groups is 1. The molecular weight excluding hydrogens is 351 g/mol. The first kappa shape index (κ1) is 19.0. The average Bonchev–Trinajstić information content (AvgIpc) is 2.40. The fourth-order valence-corrected chi connectivity index (χ4v) is 3.46. The molecule has 1 aliphatic heterocycles. The molecule has 10 heteroatoms. The molecular formula is C14H20F3NO5S. The molecule has 0 N–H and O–H groups in total. The van der Waals surface area contributed by atoms with Crippen LogP contribution >= 0.6 is 0 Å². The molecule has 0 radical (unpaired) electrons. The van der Waals surface area contributed by atoms with Gasteiger partial charge >= 0.3 is 21.7 Å². The molecule has 6 nitrogen and oxygen atoms in total. The molecule has 24 heavy (non-hydrogen) atoms. The van der Waals surface area contributed by atoms with Crippen molar-refractivity contribution in [3.05, 3.63) is 12.2 Å². The first-order valence-electron chi connectivity index (χ1n) is 7.42. The minimum atomic E-state index is -5.82. The van der Waals surface area contributed by atoms with Gasteiger partial charge in [-0.2, -0.15) is 21.6 Å². The summed E-state index contributed by atoms with van der Waals surface area (Å²) < 4.78 is 70.3. The molecule has 1 heterocycles. The van der Waals surface area contributed by atoms with Gasteiger partial charge in [0, 0.05) is 12.0 Å². The lowest BCUT2D eigenvalue weighted by atomic mass is 9.69. The first-order chi connectivity index (χ1) is 10.8. The Morgan fingerprint density at radius 1 is 1.25 bits per heavy atom. The number of rotatable bonds is 2. The van der Waals surface area contributed by atoms with Crippen LogP contribution < -0.4 is 0 Å². The van der Waals surface area contributed by atoms with Gasteiger partial charge in [-0.25, -0.2) is 8.98 Å². The Morgan fingerprint density at radius 3 is 2.33 bits per heavy atom. The number of nitrogens with zero attached hydrogens (tertiary/aromatic N) is 1. The molecule has 1 spiro atoms. The van der Waals surface area contributed by atoms with Crippen molar-refractivity contribution in [2.45, 2.75) is 57.4 Å². The van der Waals surface area contributed by atoms with Crippen LogP contribution in [-0.2, 0) is 19.0 Å². The number of ether oxygens (including phenoxy) is 1. The molecule has 1 fully saturated rings. The molecule has 1 amide bonds. The van der Waals surface area contributed by atoms with Crippen LogP contribution in [0, 0.1) is 5.41 Å². The summed E-state index contributed by atoms with van der Waals surface area (Å²) in [7, 11) is -5.82. The average molecular weight is 371 g/mol. The van der Waals surface area contributed by atoms with Crippen LogP contribution in [0.4, 0.5) is 18.0 Å². The van der Waals surface area contributed by atoms with Crippen LogP contribution in [0.2, 0.25) is 0 Å². The molecule has 2 rings (SSSR count). The monoisotopic (exact) mass is 371 g/mol. The lowest BCUT2D eigenvalue weighted by Crippen LogP contribution is -2.68. The van der Waals surface area contributed by atoms with Gasteiger partial charge in [-0.15, -0.1) is 0 Å². The smallest absolute Gasteiger partial charge is 0.444 e. The zero-order valence-electron chi connectivity index (χ0n) is 13.6. The molecule has 0 saturated carbocycles. The van der Waals surface area contributed by atoms with E-state index >= 15 is 0 Å². The minimum Gasteiger partial charge on any atom is -0.444 e. The molecule has 0 aromatic heterocycles. The van der Waals surface area contributed by atoms with Crippen molar-refractivity contribution in [3.8, 4) is 0 Å². The van der Waals surface area contributed by atoms with Gasteiger partial charge in [0.25, 0.3) is 0 Å². The number of halogens is 3. The zero-order chi connectivity index (χ0) is 18.4. The van der Waals surface area contributed by atoms with Crippen LogP contribution in [0.15, 0.2) is 12.2 Å². The maximum absolute atomic E-state index is 12.6. The number of alkyl halides is 3. The Morgan fingerprint density at radius 2 is 1.88 bits per heavy atom. The van der Waals surface area contributed by atoms with E-state index < -0.39 is 39.0 Å². The van der Waals surface area contributed by atoms with Gasteiger partial charge in [0.1, 0.15) is 5.60 Å². The van der Waals surface area contributed by atoms with Crippen LogP contribution in [0.1, 0.15) is 40.0 Å². The molecule has 2 unspecified atom stereocenters. The number of likely N-dealkylation sites (tertiary alicyclic amines) is 1. The standard InChI is InChI=1S/C14H20F3NO5S/c1-12(2,3)22-11(19)18-9-13(7-5-4-6-8-13)10(18)23-24(20,21)14(15,16)17/h4-5,10H,6-9H2,1-3H3. The van der Waals surface area contributed by atoms with Gasteiger partial charge in [-0.1, -0.05) is 12.2 Å². The predicted octanol–water partition coefficient (Wildman–Crippen LogP) is 3.16. The fraction of sp³-hybridized carbons (Fsp3) is 0.786. The fourth-order valence-electron chi connectivity index (χ4n) is 2.80. The summed E-state index contributed by atoms with van der Waals surface area (Å²) >= 11 is 0. The van der Waals surface area contributed by atoms with E-state index in [1.54, 1.807) is 26.8 Å². The lowest BCUT2D eigenvalue weighted by molar-refractivity contribution is -0.175. The van der Waals surface area contributed by atoms with Crippen molar-refractivity contribution in [1.82, 2.24) is 4.90 Å². The van der Waals surface area contributed by atoms with Crippen molar-refractivity contribution in [3.63, 3.8) is 0 Å². The van der Waals surface area contributed by atoms with Crippen molar-refractivity contribution < 1.29 is 35.3 Å². The second-order valence-corrected chi connectivity index (χ2v) is 8.60. The molecule has 138 valence electrons. The third-order valence-corrected chi connectivity index (χ3v) is 4.92. The normalized spacial score (nSPS) is 27.9. The highest BCUT2D eigenvalue weighted by Gasteiger charge is 2.60. The molecule has 0 bridgehead atoms. The Kier molecular flexibility index (Phi) is 4.68. The molecule has 2 atom stereocenters. The third-order valence-electron chi connectivity index (χ3n) is 3.92. The molecule has 0 aromatic carbocycles. The summed E-state index contributed by atoms with van der Waals surface area (Å²) in [6.45, 7) is 4.90. The van der Waals surface area contributed by atoms with Gasteiger partial charge in [-0.3, -0.25) is 4.90 Å². The second-order valence-electron chi connectivity index (χ2n) is 7.03. The van der Waals surface area contributed by atoms with E-state index in [1.165, 1.54) is 0 Å². The third kappa shape index (κ3) is 3.69. The molecule has 1 aliphatic carbocycles. The van der Waals surface area contributed by atoms with Crippen LogP contribution in [0.5, 0.6) is 0 Å². The summed E-state index contributed by atoms with van der Waals surface area (Å²) in [5.41, 5.74) is -7.25. The SMILES string of the molecule is CC(C)(C)OC(=O)N1CC2(CC=CCC2)C1OS(=O)(=O)C(F)(F)F. The summed E-state index contributed by atoms with van der Waals surface area (Å²) in [6, 6.07) is 0. The highest BCUT2D eigenvalue weighted by atomic mass is 32.2. The summed E-state index contributed by atoms with van der Waals surface area (Å²) in [5.74, 6) is 0. The van der Waals surface area contributed by atoms with E-state index in [2.05, 4.69) is 4.18 Å². The molecule has 2 aliphatic rings. The largest absolute Gasteiger partial charge is 0.523 e. The van der Waals surface area contributed by atoms with Gasteiger partial charge in [0.15, 0.2) is 6.23 Å². The highest BCUT2D eigenvalue weighted by molar-refractivity contribution is 7.87. The number of carbonyl (C=O) groups excluding carboxylic acids is 1. The van der Waals surface area contributed by atoms with E-state index in [-0.39, 0.29) is 6.54 Å². The van der Waals surface area contributed by atoms with E-state index in [4.69, 9.17) is 4.74 Å². The number of hydrogen-bond acceptors (Lipinski definition) is 5. The van der Waals surface area contributed by atoms with Gasteiger partial charge < -0.3 is 4.74 Å².